The minimum absolute atomic E-state index is 0.0192. The van der Waals surface area contributed by atoms with Crippen molar-refractivity contribution in [1.29, 1.82) is 0 Å². The quantitative estimate of drug-likeness (QED) is 0.216. The Morgan fingerprint density at radius 2 is 1.47 bits per heavy atom. The number of benzene rings is 2. The number of esters is 1. The first-order chi connectivity index (χ1) is 17.0. The number of allylic oxidation sites excluding steroid dienone is 1. The van der Waals surface area contributed by atoms with Crippen LogP contribution in [-0.4, -0.2) is 26.0 Å². The molecule has 0 unspecified atom stereocenters. The lowest BCUT2D eigenvalue weighted by molar-refractivity contribution is -0.150. The van der Waals surface area contributed by atoms with Crippen LogP contribution in [0.2, 0.25) is 5.04 Å². The fourth-order valence-corrected chi connectivity index (χ4v) is 10.3. The second-order valence-electron chi connectivity index (χ2n) is 12.3. The van der Waals surface area contributed by atoms with Gasteiger partial charge in [-0.15, -0.1) is 0 Å². The molecular formula is C32H46O3Si. The highest BCUT2D eigenvalue weighted by Gasteiger charge is 2.51. The van der Waals surface area contributed by atoms with Crippen LogP contribution in [0.15, 0.2) is 72.3 Å². The zero-order valence-corrected chi connectivity index (χ0v) is 24.5. The van der Waals surface area contributed by atoms with Crippen molar-refractivity contribution in [3.05, 3.63) is 72.3 Å². The molecule has 1 fully saturated rings. The van der Waals surface area contributed by atoms with Crippen molar-refractivity contribution in [2.75, 3.05) is 0 Å². The molecule has 0 heterocycles. The van der Waals surface area contributed by atoms with Gasteiger partial charge in [0.15, 0.2) is 0 Å². The lowest BCUT2D eigenvalue weighted by atomic mass is 9.84. The molecule has 1 aliphatic rings. The Morgan fingerprint density at radius 1 is 0.917 bits per heavy atom. The molecule has 0 spiro atoms. The molecule has 0 aliphatic heterocycles. The molecule has 0 amide bonds. The van der Waals surface area contributed by atoms with Gasteiger partial charge in [-0.3, -0.25) is 0 Å². The molecule has 1 aliphatic carbocycles. The van der Waals surface area contributed by atoms with E-state index in [0.29, 0.717) is 12.3 Å². The second-order valence-corrected chi connectivity index (χ2v) is 16.5. The van der Waals surface area contributed by atoms with E-state index in [9.17, 15) is 4.79 Å². The molecule has 2 aromatic carbocycles. The number of hydrogen-bond donors (Lipinski definition) is 0. The van der Waals surface area contributed by atoms with Gasteiger partial charge >= 0.3 is 5.97 Å². The van der Waals surface area contributed by atoms with Crippen LogP contribution in [0.5, 0.6) is 0 Å². The topological polar surface area (TPSA) is 35.5 Å². The molecule has 0 saturated heterocycles. The van der Waals surface area contributed by atoms with Crippen LogP contribution in [-0.2, 0) is 14.0 Å². The van der Waals surface area contributed by atoms with Gasteiger partial charge in [0.25, 0.3) is 8.32 Å². The first-order valence-corrected chi connectivity index (χ1v) is 15.6. The zero-order valence-electron chi connectivity index (χ0n) is 23.5. The molecule has 2 atom stereocenters. The van der Waals surface area contributed by atoms with Gasteiger partial charge in [0.1, 0.15) is 5.60 Å². The summed E-state index contributed by atoms with van der Waals surface area (Å²) < 4.78 is 13.0. The van der Waals surface area contributed by atoms with Crippen molar-refractivity contribution in [2.45, 2.75) is 104 Å². The SMILES string of the molecule is CC/C(=C\C[C@H]1CCC[C@@H](O[Si](c2ccccc2)(c2ccccc2)C(C)(C)C)C1)C(=O)OC(C)(C)C. The Bertz CT molecular complexity index is 960. The Hall–Kier alpha value is -2.17. The van der Waals surface area contributed by atoms with Crippen molar-refractivity contribution in [1.82, 2.24) is 0 Å². The maximum absolute atomic E-state index is 12.6. The lowest BCUT2D eigenvalue weighted by Crippen LogP contribution is -2.67. The van der Waals surface area contributed by atoms with E-state index < -0.39 is 13.9 Å². The fourth-order valence-electron chi connectivity index (χ4n) is 5.53. The number of hydrogen-bond acceptors (Lipinski definition) is 3. The summed E-state index contributed by atoms with van der Waals surface area (Å²) in [6.45, 7) is 14.8. The van der Waals surface area contributed by atoms with Crippen LogP contribution in [0.1, 0.15) is 87.0 Å². The third-order valence-corrected chi connectivity index (χ3v) is 12.3. The average molecular weight is 507 g/mol. The Balaban J connectivity index is 1.85. The van der Waals surface area contributed by atoms with E-state index in [2.05, 4.69) is 87.5 Å². The minimum Gasteiger partial charge on any atom is -0.457 e. The Morgan fingerprint density at radius 3 is 1.94 bits per heavy atom. The molecule has 3 rings (SSSR count). The van der Waals surface area contributed by atoms with Crippen LogP contribution in [0.4, 0.5) is 0 Å². The highest BCUT2D eigenvalue weighted by Crippen LogP contribution is 2.40. The van der Waals surface area contributed by atoms with Crippen LogP contribution >= 0.6 is 0 Å². The molecule has 196 valence electrons. The zero-order chi connectivity index (χ0) is 26.4. The molecule has 2 aromatic rings. The summed E-state index contributed by atoms with van der Waals surface area (Å²) in [7, 11) is -2.55. The van der Waals surface area contributed by atoms with Crippen molar-refractivity contribution in [3.8, 4) is 0 Å². The van der Waals surface area contributed by atoms with E-state index in [1.165, 1.54) is 16.8 Å². The number of rotatable bonds is 8. The maximum Gasteiger partial charge on any atom is 0.334 e. The van der Waals surface area contributed by atoms with E-state index in [0.717, 1.165) is 31.3 Å². The predicted octanol–water partition coefficient (Wildman–Crippen LogP) is 7.19. The van der Waals surface area contributed by atoms with E-state index in [-0.39, 0.29) is 17.1 Å². The van der Waals surface area contributed by atoms with E-state index >= 15 is 0 Å². The summed E-state index contributed by atoms with van der Waals surface area (Å²) in [5.41, 5.74) is 0.324. The van der Waals surface area contributed by atoms with Gasteiger partial charge in [-0.2, -0.15) is 0 Å². The van der Waals surface area contributed by atoms with Gasteiger partial charge in [0, 0.05) is 11.7 Å². The van der Waals surface area contributed by atoms with E-state index in [4.69, 9.17) is 9.16 Å². The first-order valence-electron chi connectivity index (χ1n) is 13.7. The Kier molecular flexibility index (Phi) is 9.40. The largest absolute Gasteiger partial charge is 0.457 e. The summed E-state index contributed by atoms with van der Waals surface area (Å²) in [5, 5.41) is 2.65. The number of carbonyl (C=O) groups excluding carboxylic acids is 1. The van der Waals surface area contributed by atoms with Gasteiger partial charge in [-0.25, -0.2) is 4.79 Å². The van der Waals surface area contributed by atoms with Gasteiger partial charge in [-0.05, 0) is 74.2 Å². The predicted molar refractivity (Wildman–Crippen MR) is 153 cm³/mol. The molecule has 0 bridgehead atoms. The molecule has 4 heteroatoms. The molecule has 3 nitrogen and oxygen atoms in total. The Labute approximate surface area is 220 Å². The molecule has 0 aromatic heterocycles. The van der Waals surface area contributed by atoms with Crippen molar-refractivity contribution >= 4 is 24.7 Å². The molecule has 1 saturated carbocycles. The summed E-state index contributed by atoms with van der Waals surface area (Å²) in [6, 6.07) is 21.8. The van der Waals surface area contributed by atoms with Gasteiger partial charge < -0.3 is 9.16 Å². The summed E-state index contributed by atoms with van der Waals surface area (Å²) in [4.78, 5) is 12.6. The van der Waals surface area contributed by atoms with Gasteiger partial charge in [0.05, 0.1) is 0 Å². The number of carbonyl (C=O) groups is 1. The first kappa shape index (κ1) is 28.4. The summed E-state index contributed by atoms with van der Waals surface area (Å²) in [5.74, 6) is 0.340. The molecular weight excluding hydrogens is 460 g/mol. The normalized spacial score (nSPS) is 19.7. The van der Waals surface area contributed by atoms with Crippen molar-refractivity contribution < 1.29 is 14.0 Å². The van der Waals surface area contributed by atoms with Crippen molar-refractivity contribution in [3.63, 3.8) is 0 Å². The standard InChI is InChI=1S/C32H46O3Si/c1-8-26(30(33)34-31(2,3)4)23-22-25-16-15-17-27(24-25)35-36(32(5,6)7,28-18-11-9-12-19-28)29-20-13-10-14-21-29/h9-14,18-21,23,25,27H,8,15-17,22,24H2,1-7H3/b26-23+/t25-,27-/m1/s1. The van der Waals surface area contributed by atoms with Crippen LogP contribution in [0, 0.1) is 5.92 Å². The average Bonchev–Trinajstić information content (AvgIpc) is 2.82. The van der Waals surface area contributed by atoms with E-state index in [1.807, 2.05) is 27.7 Å². The third kappa shape index (κ3) is 6.98. The number of ether oxygens (including phenoxy) is 1. The summed E-state index contributed by atoms with van der Waals surface area (Å²) in [6.07, 6.45) is 8.42. The van der Waals surface area contributed by atoms with Crippen molar-refractivity contribution in [2.24, 2.45) is 5.92 Å². The third-order valence-electron chi connectivity index (χ3n) is 7.23. The maximum atomic E-state index is 12.6. The fraction of sp³-hybridized carbons (Fsp3) is 0.531. The summed E-state index contributed by atoms with van der Waals surface area (Å²) >= 11 is 0. The monoisotopic (exact) mass is 506 g/mol. The second kappa shape index (κ2) is 11.9. The van der Waals surface area contributed by atoms with Gasteiger partial charge in [0.2, 0.25) is 0 Å². The minimum atomic E-state index is -2.55. The smallest absolute Gasteiger partial charge is 0.334 e. The van der Waals surface area contributed by atoms with E-state index in [1.54, 1.807) is 0 Å². The molecule has 36 heavy (non-hydrogen) atoms. The highest BCUT2D eigenvalue weighted by molar-refractivity contribution is 6.99. The molecule has 0 radical (unpaired) electrons. The lowest BCUT2D eigenvalue weighted by Gasteiger charge is -2.46. The van der Waals surface area contributed by atoms with Crippen LogP contribution < -0.4 is 10.4 Å². The van der Waals surface area contributed by atoms with Crippen LogP contribution in [0.3, 0.4) is 0 Å². The molecule has 0 N–H and O–H groups in total. The van der Waals surface area contributed by atoms with Crippen LogP contribution in [0.25, 0.3) is 0 Å². The van der Waals surface area contributed by atoms with Gasteiger partial charge in [-0.1, -0.05) is 101 Å². The highest BCUT2D eigenvalue weighted by atomic mass is 28.4.